The first-order chi connectivity index (χ1) is 15.4. The Labute approximate surface area is 189 Å². The molecule has 4 rings (SSSR count). The summed E-state index contributed by atoms with van der Waals surface area (Å²) in [6.07, 6.45) is 1.91. The predicted octanol–water partition coefficient (Wildman–Crippen LogP) is 4.07. The fourth-order valence-electron chi connectivity index (χ4n) is 4.38. The molecule has 3 aromatic carbocycles. The number of benzene rings is 3. The lowest BCUT2D eigenvalue weighted by molar-refractivity contribution is 0.102. The number of hydrogen-bond donors (Lipinski definition) is 3. The third kappa shape index (κ3) is 4.70. The van der Waals surface area contributed by atoms with Gasteiger partial charge in [-0.15, -0.1) is 0 Å². The average Bonchev–Trinajstić information content (AvgIpc) is 2.79. The Hall–Kier alpha value is -2.74. The van der Waals surface area contributed by atoms with Crippen LogP contribution >= 0.6 is 0 Å². The van der Waals surface area contributed by atoms with Gasteiger partial charge in [0.15, 0.2) is 0 Å². The molecule has 3 aromatic rings. The molecule has 1 heterocycles. The summed E-state index contributed by atoms with van der Waals surface area (Å²) in [6, 6.07) is 17.7. The van der Waals surface area contributed by atoms with Gasteiger partial charge in [0.2, 0.25) is 10.0 Å². The Bertz CT molecular complexity index is 1230. The second-order valence-electron chi connectivity index (χ2n) is 8.42. The summed E-state index contributed by atoms with van der Waals surface area (Å²) in [4.78, 5) is 13.1. The monoisotopic (exact) mass is 451 g/mol. The van der Waals surface area contributed by atoms with Gasteiger partial charge in [0.1, 0.15) is 0 Å². The van der Waals surface area contributed by atoms with Crippen LogP contribution in [0.1, 0.15) is 35.7 Å². The van der Waals surface area contributed by atoms with Crippen LogP contribution in [-0.2, 0) is 10.0 Å². The highest BCUT2D eigenvalue weighted by Crippen LogP contribution is 2.30. The van der Waals surface area contributed by atoms with Crippen molar-refractivity contribution in [3.05, 3.63) is 71.8 Å². The van der Waals surface area contributed by atoms with E-state index in [0.717, 1.165) is 31.5 Å². The quantitative estimate of drug-likeness (QED) is 0.527. The van der Waals surface area contributed by atoms with E-state index in [4.69, 9.17) is 0 Å². The Balaban J connectivity index is 1.64. The molecule has 1 aliphatic heterocycles. The van der Waals surface area contributed by atoms with Gasteiger partial charge in [0.25, 0.3) is 5.91 Å². The number of aryl methyl sites for hydroxylation is 1. The molecule has 32 heavy (non-hydrogen) atoms. The zero-order valence-electron chi connectivity index (χ0n) is 18.4. The molecule has 1 aliphatic rings. The van der Waals surface area contributed by atoms with E-state index in [2.05, 4.69) is 15.4 Å². The van der Waals surface area contributed by atoms with Crippen LogP contribution in [0.25, 0.3) is 10.8 Å². The molecular formula is C25H29N3O3S. The maximum atomic E-state index is 13.3. The molecule has 7 heteroatoms. The first-order valence-electron chi connectivity index (χ1n) is 11.0. The summed E-state index contributed by atoms with van der Waals surface area (Å²) in [5.41, 5.74) is 2.05. The summed E-state index contributed by atoms with van der Waals surface area (Å²) >= 11 is 0. The summed E-state index contributed by atoms with van der Waals surface area (Å²) in [5.74, 6) is 0.0893. The van der Waals surface area contributed by atoms with E-state index in [0.29, 0.717) is 27.9 Å². The van der Waals surface area contributed by atoms with Crippen LogP contribution in [0.4, 0.5) is 5.69 Å². The second kappa shape index (κ2) is 9.40. The normalized spacial score (nSPS) is 16.1. The predicted molar refractivity (Wildman–Crippen MR) is 128 cm³/mol. The van der Waals surface area contributed by atoms with Gasteiger partial charge in [-0.1, -0.05) is 42.5 Å². The van der Waals surface area contributed by atoms with Gasteiger partial charge in [-0.25, -0.2) is 13.1 Å². The number of sulfonamides is 1. The molecule has 3 N–H and O–H groups in total. The van der Waals surface area contributed by atoms with E-state index >= 15 is 0 Å². The molecule has 0 aromatic heterocycles. The highest BCUT2D eigenvalue weighted by atomic mass is 32.2. The summed E-state index contributed by atoms with van der Waals surface area (Å²) in [5, 5.41) is 7.54. The van der Waals surface area contributed by atoms with Crippen LogP contribution in [0.2, 0.25) is 0 Å². The number of rotatable bonds is 6. The first-order valence-corrected chi connectivity index (χ1v) is 12.5. The maximum absolute atomic E-state index is 13.3. The number of piperidine rings is 1. The fraction of sp³-hybridized carbons (Fsp3) is 0.320. The van der Waals surface area contributed by atoms with Crippen LogP contribution in [0.15, 0.2) is 65.6 Å². The molecule has 0 radical (unpaired) electrons. The van der Waals surface area contributed by atoms with Crippen LogP contribution in [0.3, 0.4) is 0 Å². The number of carbonyl (C=O) groups is 1. The Morgan fingerprint density at radius 1 is 0.969 bits per heavy atom. The van der Waals surface area contributed by atoms with Crippen molar-refractivity contribution in [1.29, 1.82) is 0 Å². The molecule has 6 nitrogen and oxygen atoms in total. The third-order valence-electron chi connectivity index (χ3n) is 6.24. The third-order valence-corrected chi connectivity index (χ3v) is 7.86. The average molecular weight is 452 g/mol. The van der Waals surface area contributed by atoms with Gasteiger partial charge in [-0.05, 0) is 69.5 Å². The molecule has 0 aliphatic carbocycles. The van der Waals surface area contributed by atoms with Gasteiger partial charge < -0.3 is 10.6 Å². The molecule has 0 spiro atoms. The van der Waals surface area contributed by atoms with Gasteiger partial charge in [-0.3, -0.25) is 4.79 Å². The number of hydrogen-bond acceptors (Lipinski definition) is 4. The summed E-state index contributed by atoms with van der Waals surface area (Å²) in [7, 11) is -3.72. The minimum atomic E-state index is -3.72. The Kier molecular flexibility index (Phi) is 6.60. The number of fused-ring (bicyclic) bond motifs is 1. The number of nitrogens with one attached hydrogen (secondary N) is 3. The number of carbonyl (C=O) groups excluding carboxylic acids is 1. The van der Waals surface area contributed by atoms with Gasteiger partial charge in [0, 0.05) is 28.1 Å². The van der Waals surface area contributed by atoms with Gasteiger partial charge in [0.05, 0.1) is 4.90 Å². The molecule has 1 atom stereocenters. The largest absolute Gasteiger partial charge is 0.321 e. The van der Waals surface area contributed by atoms with E-state index in [9.17, 15) is 13.2 Å². The van der Waals surface area contributed by atoms with Gasteiger partial charge >= 0.3 is 0 Å². The highest BCUT2D eigenvalue weighted by molar-refractivity contribution is 7.89. The van der Waals surface area contributed by atoms with Crippen LogP contribution in [-0.4, -0.2) is 33.5 Å². The highest BCUT2D eigenvalue weighted by Gasteiger charge is 2.26. The smallest absolute Gasteiger partial charge is 0.255 e. The van der Waals surface area contributed by atoms with Crippen LogP contribution < -0.4 is 15.4 Å². The zero-order valence-corrected chi connectivity index (χ0v) is 19.2. The molecule has 0 unspecified atom stereocenters. The lowest BCUT2D eigenvalue weighted by Crippen LogP contribution is -2.42. The lowest BCUT2D eigenvalue weighted by atomic mass is 9.92. The fourth-order valence-corrected chi connectivity index (χ4v) is 5.90. The summed E-state index contributed by atoms with van der Waals surface area (Å²) < 4.78 is 29.5. The van der Waals surface area contributed by atoms with E-state index < -0.39 is 10.0 Å². The van der Waals surface area contributed by atoms with Crippen molar-refractivity contribution in [3.8, 4) is 0 Å². The maximum Gasteiger partial charge on any atom is 0.255 e. The van der Waals surface area contributed by atoms with E-state index in [1.54, 1.807) is 24.3 Å². The van der Waals surface area contributed by atoms with E-state index in [1.165, 1.54) is 0 Å². The number of anilines is 1. The standard InChI is InChI=1S/C25H29N3O3S/c1-17-7-3-4-8-20(17)25(29)27-23-11-12-24(22-10-6-5-9-21(22)23)32(30,31)28-18(2)19-13-15-26-16-14-19/h3-12,18-19,26,28H,13-16H2,1-2H3,(H,27,29)/t18-/m1/s1. The SMILES string of the molecule is Cc1ccccc1C(=O)Nc1ccc(S(=O)(=O)N[C@H](C)C2CCNCC2)c2ccccc12. The Morgan fingerprint density at radius 2 is 1.62 bits per heavy atom. The minimum Gasteiger partial charge on any atom is -0.321 e. The van der Waals surface area contributed by atoms with Crippen molar-refractivity contribution < 1.29 is 13.2 Å². The molecule has 0 saturated carbocycles. The molecule has 168 valence electrons. The van der Waals surface area contributed by atoms with Crippen molar-refractivity contribution in [2.24, 2.45) is 5.92 Å². The van der Waals surface area contributed by atoms with Crippen LogP contribution in [0, 0.1) is 12.8 Å². The van der Waals surface area contributed by atoms with Crippen molar-refractivity contribution in [3.63, 3.8) is 0 Å². The minimum absolute atomic E-state index is 0.152. The molecule has 1 fully saturated rings. The number of amides is 1. The lowest BCUT2D eigenvalue weighted by Gasteiger charge is -2.28. The zero-order chi connectivity index (χ0) is 22.7. The van der Waals surface area contributed by atoms with Crippen molar-refractivity contribution in [2.75, 3.05) is 18.4 Å². The Morgan fingerprint density at radius 3 is 2.34 bits per heavy atom. The van der Waals surface area contributed by atoms with Gasteiger partial charge in [-0.2, -0.15) is 0 Å². The molecular weight excluding hydrogens is 422 g/mol. The molecule has 0 bridgehead atoms. The molecule has 1 saturated heterocycles. The topological polar surface area (TPSA) is 87.3 Å². The summed E-state index contributed by atoms with van der Waals surface area (Å²) in [6.45, 7) is 5.65. The van der Waals surface area contributed by atoms with Crippen LogP contribution in [0.5, 0.6) is 0 Å². The van der Waals surface area contributed by atoms with Crippen molar-refractivity contribution in [2.45, 2.75) is 37.6 Å². The molecule has 1 amide bonds. The van der Waals surface area contributed by atoms with Crippen molar-refractivity contribution >= 4 is 32.4 Å². The second-order valence-corrected chi connectivity index (χ2v) is 10.1. The van der Waals surface area contributed by atoms with E-state index in [-0.39, 0.29) is 16.8 Å². The van der Waals surface area contributed by atoms with E-state index in [1.807, 2.05) is 50.2 Å². The van der Waals surface area contributed by atoms with Crippen molar-refractivity contribution in [1.82, 2.24) is 10.0 Å². The first kappa shape index (κ1) is 22.5.